The molecule has 0 bridgehead atoms. The van der Waals surface area contributed by atoms with Crippen molar-refractivity contribution in [3.63, 3.8) is 0 Å². The summed E-state index contributed by atoms with van der Waals surface area (Å²) in [5, 5.41) is 3.44. The van der Waals surface area contributed by atoms with Gasteiger partial charge in [-0.25, -0.2) is 15.0 Å². The van der Waals surface area contributed by atoms with Gasteiger partial charge in [-0.1, -0.05) is 103 Å². The molecule has 0 aliphatic carbocycles. The number of pyridine rings is 1. The lowest BCUT2D eigenvalue weighted by Gasteiger charge is -2.10. The van der Waals surface area contributed by atoms with Crippen molar-refractivity contribution >= 4 is 42.4 Å². The molecule has 8 rings (SSSR count). The van der Waals surface area contributed by atoms with Crippen LogP contribution >= 0.6 is 11.3 Å². The van der Waals surface area contributed by atoms with E-state index >= 15 is 0 Å². The summed E-state index contributed by atoms with van der Waals surface area (Å²) in [5.41, 5.74) is 6.06. The monoisotopic (exact) mass is 542 g/mol. The van der Waals surface area contributed by atoms with E-state index in [0.29, 0.717) is 17.5 Å². The first-order chi connectivity index (χ1) is 20.3. The third kappa shape index (κ3) is 4.24. The van der Waals surface area contributed by atoms with Gasteiger partial charge < -0.3 is 0 Å². The molecule has 0 saturated carbocycles. The number of nitrogens with zero attached hydrogens (tertiary/aromatic N) is 4. The zero-order valence-corrected chi connectivity index (χ0v) is 22.7. The number of benzene rings is 5. The van der Waals surface area contributed by atoms with Crippen LogP contribution in [0, 0.1) is 0 Å². The van der Waals surface area contributed by atoms with Gasteiger partial charge in [0.15, 0.2) is 17.5 Å². The predicted molar refractivity (Wildman–Crippen MR) is 170 cm³/mol. The molecule has 3 aromatic heterocycles. The lowest BCUT2D eigenvalue weighted by atomic mass is 10.0. The topological polar surface area (TPSA) is 51.6 Å². The van der Waals surface area contributed by atoms with Crippen molar-refractivity contribution < 1.29 is 0 Å². The fourth-order valence-electron chi connectivity index (χ4n) is 5.35. The molecule has 3 heterocycles. The number of hydrogen-bond acceptors (Lipinski definition) is 5. The Bertz CT molecular complexity index is 2200. The molecule has 5 aromatic carbocycles. The highest BCUT2D eigenvalue weighted by atomic mass is 32.1. The molecule has 0 unspecified atom stereocenters. The molecule has 0 N–H and O–H groups in total. The largest absolute Gasteiger partial charge is 0.255 e. The zero-order chi connectivity index (χ0) is 27.2. The Morgan fingerprint density at radius 3 is 2.00 bits per heavy atom. The molecule has 0 fully saturated rings. The summed E-state index contributed by atoms with van der Waals surface area (Å²) in [7, 11) is 0. The van der Waals surface area contributed by atoms with E-state index in [2.05, 4.69) is 103 Å². The van der Waals surface area contributed by atoms with Crippen LogP contribution in [0.2, 0.25) is 0 Å². The first-order valence-electron chi connectivity index (χ1n) is 13.5. The highest BCUT2D eigenvalue weighted by Gasteiger charge is 2.17. The first kappa shape index (κ1) is 23.6. The second-order valence-electron chi connectivity index (χ2n) is 9.94. The number of rotatable bonds is 4. The lowest BCUT2D eigenvalue weighted by Crippen LogP contribution is -2.01. The smallest absolute Gasteiger partial charge is 0.165 e. The summed E-state index contributed by atoms with van der Waals surface area (Å²) in [6, 6.07) is 43.9. The van der Waals surface area contributed by atoms with Crippen molar-refractivity contribution in [1.82, 2.24) is 19.9 Å². The van der Waals surface area contributed by atoms with Crippen LogP contribution < -0.4 is 0 Å². The van der Waals surface area contributed by atoms with Gasteiger partial charge in [0.05, 0.1) is 5.52 Å². The molecule has 0 saturated heterocycles. The molecule has 0 spiro atoms. The summed E-state index contributed by atoms with van der Waals surface area (Å²) in [5.74, 6) is 1.89. The molecular formula is C36H22N4S. The maximum atomic E-state index is 5.06. The fraction of sp³-hybridized carbons (Fsp3) is 0. The number of aromatic nitrogens is 4. The first-order valence-corrected chi connectivity index (χ1v) is 14.3. The van der Waals surface area contributed by atoms with Gasteiger partial charge in [-0.3, -0.25) is 4.98 Å². The molecular weight excluding hydrogens is 520 g/mol. The second kappa shape index (κ2) is 9.73. The van der Waals surface area contributed by atoms with E-state index in [1.54, 1.807) is 11.3 Å². The van der Waals surface area contributed by atoms with Crippen LogP contribution in [0.3, 0.4) is 0 Å². The minimum atomic E-state index is 0.604. The minimum absolute atomic E-state index is 0.604. The van der Waals surface area contributed by atoms with Gasteiger partial charge in [0, 0.05) is 48.4 Å². The number of fused-ring (bicyclic) bond motifs is 4. The fourth-order valence-corrected chi connectivity index (χ4v) is 6.48. The summed E-state index contributed by atoms with van der Waals surface area (Å²) in [4.78, 5) is 19.8. The van der Waals surface area contributed by atoms with Crippen LogP contribution in [-0.4, -0.2) is 19.9 Å². The number of hydrogen-bond donors (Lipinski definition) is 0. The van der Waals surface area contributed by atoms with Gasteiger partial charge in [-0.2, -0.15) is 0 Å². The summed E-state index contributed by atoms with van der Waals surface area (Å²) in [6.07, 6.45) is 1.85. The molecule has 41 heavy (non-hydrogen) atoms. The highest BCUT2D eigenvalue weighted by molar-refractivity contribution is 7.25. The highest BCUT2D eigenvalue weighted by Crippen LogP contribution is 2.39. The zero-order valence-electron chi connectivity index (χ0n) is 21.9. The summed E-state index contributed by atoms with van der Waals surface area (Å²) >= 11 is 1.79. The third-order valence-corrected chi connectivity index (χ3v) is 8.51. The summed E-state index contributed by atoms with van der Waals surface area (Å²) in [6.45, 7) is 0. The maximum Gasteiger partial charge on any atom is 0.165 e. The molecule has 0 aliphatic heterocycles. The lowest BCUT2D eigenvalue weighted by molar-refractivity contribution is 1.07. The molecule has 0 atom stereocenters. The quantitative estimate of drug-likeness (QED) is 0.222. The van der Waals surface area contributed by atoms with Gasteiger partial charge in [0.1, 0.15) is 0 Å². The SMILES string of the molecule is c1ccc(-c2ccc(-c3nc(-c4cnc5ccccc5c4)nc(-c4cccc5sc6ccccc6c45)n3)cc2)cc1. The van der Waals surface area contributed by atoms with Crippen molar-refractivity contribution in [2.45, 2.75) is 0 Å². The standard InChI is InChI=1S/C36H22N4S/c1-2-9-23(10-3-1)24-17-19-25(20-18-24)34-38-35(27-21-26-11-4-6-14-30(26)37-22-27)40-36(39-34)29-13-8-16-32-33(29)28-12-5-7-15-31(28)41-32/h1-22H. The van der Waals surface area contributed by atoms with E-state index in [1.165, 1.54) is 25.7 Å². The molecule has 0 amide bonds. The number of thiophene rings is 1. The van der Waals surface area contributed by atoms with Crippen molar-refractivity contribution in [2.24, 2.45) is 0 Å². The van der Waals surface area contributed by atoms with Crippen LogP contribution in [0.15, 0.2) is 134 Å². The van der Waals surface area contributed by atoms with E-state index in [1.807, 2.05) is 30.5 Å². The Hall–Kier alpha value is -5.26. The minimum Gasteiger partial charge on any atom is -0.255 e. The number of para-hydroxylation sites is 1. The van der Waals surface area contributed by atoms with Crippen molar-refractivity contribution in [2.75, 3.05) is 0 Å². The van der Waals surface area contributed by atoms with Crippen molar-refractivity contribution in [3.05, 3.63) is 134 Å². The summed E-state index contributed by atoms with van der Waals surface area (Å²) < 4.78 is 2.46. The van der Waals surface area contributed by atoms with E-state index in [0.717, 1.165) is 33.2 Å². The van der Waals surface area contributed by atoms with E-state index < -0.39 is 0 Å². The van der Waals surface area contributed by atoms with Crippen LogP contribution in [0.1, 0.15) is 0 Å². The van der Waals surface area contributed by atoms with Gasteiger partial charge in [0.2, 0.25) is 0 Å². The Kier molecular flexibility index (Phi) is 5.61. The molecule has 0 radical (unpaired) electrons. The van der Waals surface area contributed by atoms with Crippen LogP contribution in [-0.2, 0) is 0 Å². The molecule has 192 valence electrons. The van der Waals surface area contributed by atoms with Crippen LogP contribution in [0.5, 0.6) is 0 Å². The van der Waals surface area contributed by atoms with E-state index in [-0.39, 0.29) is 0 Å². The van der Waals surface area contributed by atoms with Gasteiger partial charge in [0.25, 0.3) is 0 Å². The Morgan fingerprint density at radius 2 is 1.12 bits per heavy atom. The average Bonchev–Trinajstić information content (AvgIpc) is 3.44. The van der Waals surface area contributed by atoms with Crippen molar-refractivity contribution in [1.29, 1.82) is 0 Å². The third-order valence-electron chi connectivity index (χ3n) is 7.38. The molecule has 0 aliphatic rings. The maximum absolute atomic E-state index is 5.06. The Morgan fingerprint density at radius 1 is 0.463 bits per heavy atom. The average molecular weight is 543 g/mol. The Balaban J connectivity index is 1.34. The Labute approximate surface area is 240 Å². The molecule has 5 heteroatoms. The van der Waals surface area contributed by atoms with Gasteiger partial charge >= 0.3 is 0 Å². The van der Waals surface area contributed by atoms with Crippen LogP contribution in [0.25, 0.3) is 76.4 Å². The molecule has 4 nitrogen and oxygen atoms in total. The molecule has 8 aromatic rings. The second-order valence-corrected chi connectivity index (χ2v) is 11.0. The normalized spacial score (nSPS) is 11.4. The van der Waals surface area contributed by atoms with Crippen molar-refractivity contribution in [3.8, 4) is 45.3 Å². The van der Waals surface area contributed by atoms with E-state index in [9.17, 15) is 0 Å². The van der Waals surface area contributed by atoms with Gasteiger partial charge in [-0.05, 0) is 35.4 Å². The predicted octanol–water partition coefficient (Wildman–Crippen LogP) is 9.46. The van der Waals surface area contributed by atoms with Crippen LogP contribution in [0.4, 0.5) is 0 Å². The van der Waals surface area contributed by atoms with Gasteiger partial charge in [-0.15, -0.1) is 11.3 Å². The van der Waals surface area contributed by atoms with E-state index in [4.69, 9.17) is 19.9 Å².